The Labute approximate surface area is 132 Å². The lowest BCUT2D eigenvalue weighted by Crippen LogP contribution is -2.37. The lowest BCUT2D eigenvalue weighted by molar-refractivity contribution is -0.126. The SMILES string of the molecule is CCCCCCOc1ccc([C@@H]2CC[C@H](O)[C@@H](CF)O2)cc1. The molecule has 1 fully saturated rings. The van der Waals surface area contributed by atoms with Crippen LogP contribution in [0.2, 0.25) is 0 Å². The molecule has 1 aliphatic rings. The highest BCUT2D eigenvalue weighted by molar-refractivity contribution is 5.28. The average molecular weight is 310 g/mol. The number of rotatable bonds is 8. The Bertz CT molecular complexity index is 421. The van der Waals surface area contributed by atoms with Crippen LogP contribution < -0.4 is 4.74 Å². The number of halogens is 1. The van der Waals surface area contributed by atoms with Gasteiger partial charge in [0.15, 0.2) is 0 Å². The minimum Gasteiger partial charge on any atom is -0.494 e. The molecule has 2 rings (SSSR count). The van der Waals surface area contributed by atoms with Crippen molar-refractivity contribution in [3.63, 3.8) is 0 Å². The van der Waals surface area contributed by atoms with Crippen molar-refractivity contribution < 1.29 is 19.0 Å². The van der Waals surface area contributed by atoms with Gasteiger partial charge in [-0.1, -0.05) is 38.3 Å². The second-order valence-corrected chi connectivity index (χ2v) is 5.94. The van der Waals surface area contributed by atoms with E-state index in [4.69, 9.17) is 9.47 Å². The van der Waals surface area contributed by atoms with Gasteiger partial charge in [-0.3, -0.25) is 0 Å². The largest absolute Gasteiger partial charge is 0.494 e. The van der Waals surface area contributed by atoms with Crippen LogP contribution in [0.4, 0.5) is 4.39 Å². The zero-order valence-corrected chi connectivity index (χ0v) is 13.3. The molecule has 1 heterocycles. The molecule has 0 aromatic heterocycles. The highest BCUT2D eigenvalue weighted by atomic mass is 19.1. The van der Waals surface area contributed by atoms with E-state index in [-0.39, 0.29) is 6.10 Å². The van der Waals surface area contributed by atoms with Gasteiger partial charge in [-0.15, -0.1) is 0 Å². The Hall–Kier alpha value is -1.13. The molecule has 0 aliphatic carbocycles. The highest BCUT2D eigenvalue weighted by Crippen LogP contribution is 2.32. The van der Waals surface area contributed by atoms with Crippen molar-refractivity contribution in [1.29, 1.82) is 0 Å². The van der Waals surface area contributed by atoms with E-state index in [1.165, 1.54) is 19.3 Å². The summed E-state index contributed by atoms with van der Waals surface area (Å²) in [6.45, 7) is 2.30. The van der Waals surface area contributed by atoms with Crippen molar-refractivity contribution in [1.82, 2.24) is 0 Å². The van der Waals surface area contributed by atoms with Gasteiger partial charge in [0.1, 0.15) is 18.5 Å². The van der Waals surface area contributed by atoms with Gasteiger partial charge in [-0.2, -0.15) is 0 Å². The first kappa shape index (κ1) is 17.2. The number of aliphatic hydroxyl groups is 1. The fourth-order valence-electron chi connectivity index (χ4n) is 2.76. The molecular formula is C18H27FO3. The van der Waals surface area contributed by atoms with E-state index >= 15 is 0 Å². The second-order valence-electron chi connectivity index (χ2n) is 5.94. The molecule has 0 amide bonds. The topological polar surface area (TPSA) is 38.7 Å². The number of hydrogen-bond acceptors (Lipinski definition) is 3. The molecule has 3 nitrogen and oxygen atoms in total. The quantitative estimate of drug-likeness (QED) is 0.732. The summed E-state index contributed by atoms with van der Waals surface area (Å²) in [7, 11) is 0. The molecule has 3 atom stereocenters. The first-order valence-corrected chi connectivity index (χ1v) is 8.36. The van der Waals surface area contributed by atoms with Crippen LogP contribution in [0, 0.1) is 0 Å². The molecule has 0 radical (unpaired) electrons. The predicted molar refractivity (Wildman–Crippen MR) is 84.9 cm³/mol. The van der Waals surface area contributed by atoms with Crippen LogP contribution >= 0.6 is 0 Å². The van der Waals surface area contributed by atoms with Crippen molar-refractivity contribution >= 4 is 0 Å². The van der Waals surface area contributed by atoms with Crippen molar-refractivity contribution in [3.8, 4) is 5.75 Å². The summed E-state index contributed by atoms with van der Waals surface area (Å²) >= 11 is 0. The first-order valence-electron chi connectivity index (χ1n) is 8.36. The number of unbranched alkanes of at least 4 members (excludes halogenated alkanes) is 3. The van der Waals surface area contributed by atoms with Gasteiger partial charge in [-0.25, -0.2) is 4.39 Å². The van der Waals surface area contributed by atoms with Crippen LogP contribution in [-0.4, -0.2) is 30.6 Å². The normalized spacial score (nSPS) is 25.1. The van der Waals surface area contributed by atoms with Gasteiger partial charge in [-0.05, 0) is 37.0 Å². The van der Waals surface area contributed by atoms with E-state index in [0.717, 1.165) is 30.8 Å². The summed E-state index contributed by atoms with van der Waals surface area (Å²) in [5.41, 5.74) is 1.02. The molecule has 124 valence electrons. The molecule has 1 aromatic carbocycles. The molecule has 1 aromatic rings. The summed E-state index contributed by atoms with van der Waals surface area (Å²) < 4.78 is 24.2. The Morgan fingerprint density at radius 3 is 2.64 bits per heavy atom. The molecule has 4 heteroatoms. The fraction of sp³-hybridized carbons (Fsp3) is 0.667. The monoisotopic (exact) mass is 310 g/mol. The minimum atomic E-state index is -0.701. The number of hydrogen-bond donors (Lipinski definition) is 1. The smallest absolute Gasteiger partial charge is 0.119 e. The third kappa shape index (κ3) is 4.96. The van der Waals surface area contributed by atoms with Crippen molar-refractivity contribution in [3.05, 3.63) is 29.8 Å². The van der Waals surface area contributed by atoms with E-state index in [0.29, 0.717) is 6.42 Å². The van der Waals surface area contributed by atoms with Gasteiger partial charge >= 0.3 is 0 Å². The van der Waals surface area contributed by atoms with E-state index in [2.05, 4.69) is 6.92 Å². The molecule has 0 unspecified atom stereocenters. The lowest BCUT2D eigenvalue weighted by atomic mass is 9.97. The number of alkyl halides is 1. The maximum absolute atomic E-state index is 12.8. The van der Waals surface area contributed by atoms with Crippen LogP contribution in [-0.2, 0) is 4.74 Å². The van der Waals surface area contributed by atoms with Gasteiger partial charge in [0.05, 0.1) is 18.8 Å². The van der Waals surface area contributed by atoms with Crippen molar-refractivity contribution in [2.75, 3.05) is 13.3 Å². The number of benzene rings is 1. The summed E-state index contributed by atoms with van der Waals surface area (Å²) in [5.74, 6) is 0.859. The molecule has 0 spiro atoms. The molecule has 0 saturated carbocycles. The van der Waals surface area contributed by atoms with Crippen molar-refractivity contribution in [2.24, 2.45) is 0 Å². The first-order chi connectivity index (χ1) is 10.7. The predicted octanol–water partition coefficient (Wildman–Crippen LogP) is 4.20. The Balaban J connectivity index is 1.81. The van der Waals surface area contributed by atoms with E-state index < -0.39 is 18.9 Å². The lowest BCUT2D eigenvalue weighted by Gasteiger charge is -2.32. The van der Waals surface area contributed by atoms with Gasteiger partial charge in [0.25, 0.3) is 0 Å². The number of ether oxygens (including phenoxy) is 2. The Kier molecular flexibility index (Phi) is 7.13. The number of aliphatic hydroxyl groups excluding tert-OH is 1. The van der Waals surface area contributed by atoms with Crippen molar-refractivity contribution in [2.45, 2.75) is 63.8 Å². The summed E-state index contributed by atoms with van der Waals surface area (Å²) in [6, 6.07) is 7.82. The molecule has 22 heavy (non-hydrogen) atoms. The molecule has 1 N–H and O–H groups in total. The minimum absolute atomic E-state index is 0.136. The molecule has 1 aliphatic heterocycles. The summed E-state index contributed by atoms with van der Waals surface area (Å²) in [6.07, 6.45) is 4.54. The Morgan fingerprint density at radius 2 is 1.95 bits per heavy atom. The zero-order chi connectivity index (χ0) is 15.8. The maximum atomic E-state index is 12.8. The van der Waals surface area contributed by atoms with Gasteiger partial charge in [0, 0.05) is 0 Å². The van der Waals surface area contributed by atoms with Crippen LogP contribution in [0.5, 0.6) is 5.75 Å². The zero-order valence-electron chi connectivity index (χ0n) is 13.3. The van der Waals surface area contributed by atoms with Crippen LogP contribution in [0.3, 0.4) is 0 Å². The van der Waals surface area contributed by atoms with E-state index in [1.807, 2.05) is 24.3 Å². The Morgan fingerprint density at radius 1 is 1.18 bits per heavy atom. The highest BCUT2D eigenvalue weighted by Gasteiger charge is 2.30. The van der Waals surface area contributed by atoms with E-state index in [1.54, 1.807) is 0 Å². The maximum Gasteiger partial charge on any atom is 0.119 e. The standard InChI is InChI=1S/C18H27FO3/c1-2-3-4-5-12-21-15-8-6-14(7-9-15)17-11-10-16(20)18(13-19)22-17/h6-9,16-18,20H,2-5,10-13H2,1H3/t16-,17-,18+/m0/s1. The third-order valence-corrected chi connectivity index (χ3v) is 4.16. The van der Waals surface area contributed by atoms with Crippen LogP contribution in [0.15, 0.2) is 24.3 Å². The summed E-state index contributed by atoms with van der Waals surface area (Å²) in [5, 5.41) is 9.65. The third-order valence-electron chi connectivity index (χ3n) is 4.16. The second kappa shape index (κ2) is 9.11. The van der Waals surface area contributed by atoms with E-state index in [9.17, 15) is 9.50 Å². The van der Waals surface area contributed by atoms with Gasteiger partial charge in [0.2, 0.25) is 0 Å². The summed E-state index contributed by atoms with van der Waals surface area (Å²) in [4.78, 5) is 0. The molecule has 0 bridgehead atoms. The molecular weight excluding hydrogens is 283 g/mol. The van der Waals surface area contributed by atoms with Crippen LogP contribution in [0.25, 0.3) is 0 Å². The fourth-order valence-corrected chi connectivity index (χ4v) is 2.76. The molecule has 1 saturated heterocycles. The van der Waals surface area contributed by atoms with Crippen LogP contribution in [0.1, 0.15) is 57.1 Å². The van der Waals surface area contributed by atoms with Gasteiger partial charge < -0.3 is 14.6 Å². The average Bonchev–Trinajstić information content (AvgIpc) is 2.56.